The van der Waals surface area contributed by atoms with Gasteiger partial charge in [0.15, 0.2) is 6.61 Å². The molecule has 0 fully saturated rings. The molecule has 3 aromatic rings. The Bertz CT molecular complexity index is 957. The van der Waals surface area contributed by atoms with Crippen LogP contribution in [0.3, 0.4) is 0 Å². The molecule has 0 aliphatic heterocycles. The summed E-state index contributed by atoms with van der Waals surface area (Å²) in [4.78, 5) is 24.5. The van der Waals surface area contributed by atoms with Crippen LogP contribution in [0.4, 0.5) is 0 Å². The number of para-hydroxylation sites is 1. The van der Waals surface area contributed by atoms with Crippen LogP contribution in [0.15, 0.2) is 54.7 Å². The van der Waals surface area contributed by atoms with Crippen LogP contribution in [0.1, 0.15) is 41.4 Å². The van der Waals surface area contributed by atoms with Crippen molar-refractivity contribution in [3.05, 3.63) is 71.4 Å². The van der Waals surface area contributed by atoms with Crippen LogP contribution in [0.2, 0.25) is 0 Å². The zero-order valence-electron chi connectivity index (χ0n) is 15.9. The largest absolute Gasteiger partial charge is 0.452 e. The summed E-state index contributed by atoms with van der Waals surface area (Å²) in [5, 5.41) is 3.68. The van der Waals surface area contributed by atoms with E-state index in [-0.39, 0.29) is 18.6 Å². The maximum Gasteiger partial charge on any atom is 0.340 e. The molecule has 0 saturated heterocycles. The number of fused-ring (bicyclic) bond motifs is 1. The molecule has 140 valence electrons. The van der Waals surface area contributed by atoms with Crippen LogP contribution < -0.4 is 5.32 Å². The minimum Gasteiger partial charge on any atom is -0.452 e. The van der Waals surface area contributed by atoms with Crippen LogP contribution in [0, 0.1) is 0 Å². The Kier molecular flexibility index (Phi) is 5.60. The Hall–Kier alpha value is -3.08. The maximum absolute atomic E-state index is 12.4. The highest BCUT2D eigenvalue weighted by molar-refractivity contribution is 6.04. The zero-order valence-corrected chi connectivity index (χ0v) is 15.9. The predicted molar refractivity (Wildman–Crippen MR) is 106 cm³/mol. The molecule has 27 heavy (non-hydrogen) atoms. The van der Waals surface area contributed by atoms with E-state index in [9.17, 15) is 9.59 Å². The van der Waals surface area contributed by atoms with Crippen LogP contribution in [0.25, 0.3) is 10.9 Å². The number of nitrogens with zero attached hydrogens (tertiary/aromatic N) is 1. The molecule has 1 unspecified atom stereocenters. The van der Waals surface area contributed by atoms with Gasteiger partial charge < -0.3 is 14.6 Å². The molecule has 1 amide bonds. The van der Waals surface area contributed by atoms with Gasteiger partial charge in [0, 0.05) is 24.1 Å². The summed E-state index contributed by atoms with van der Waals surface area (Å²) in [6.07, 6.45) is 2.70. The number of aromatic nitrogens is 1. The fourth-order valence-corrected chi connectivity index (χ4v) is 3.12. The van der Waals surface area contributed by atoms with Crippen LogP contribution >= 0.6 is 0 Å². The van der Waals surface area contributed by atoms with Gasteiger partial charge >= 0.3 is 5.97 Å². The van der Waals surface area contributed by atoms with Gasteiger partial charge in [-0.1, -0.05) is 49.4 Å². The normalized spacial score (nSPS) is 12.0. The van der Waals surface area contributed by atoms with Crippen molar-refractivity contribution in [1.29, 1.82) is 0 Å². The lowest BCUT2D eigenvalue weighted by molar-refractivity contribution is -0.124. The Balaban J connectivity index is 1.58. The highest BCUT2D eigenvalue weighted by atomic mass is 16.5. The van der Waals surface area contributed by atoms with Gasteiger partial charge in [-0.05, 0) is 30.5 Å². The minimum atomic E-state index is -0.498. The second kappa shape index (κ2) is 8.08. The van der Waals surface area contributed by atoms with Crippen molar-refractivity contribution >= 4 is 22.8 Å². The topological polar surface area (TPSA) is 60.3 Å². The molecule has 1 heterocycles. The molecule has 3 rings (SSSR count). The van der Waals surface area contributed by atoms with Crippen molar-refractivity contribution in [2.45, 2.75) is 26.3 Å². The Morgan fingerprint density at radius 1 is 1.11 bits per heavy atom. The number of ether oxygens (including phenoxy) is 1. The molecule has 0 saturated carbocycles. The number of hydrogen-bond acceptors (Lipinski definition) is 3. The van der Waals surface area contributed by atoms with Crippen molar-refractivity contribution in [3.63, 3.8) is 0 Å². The molecule has 1 aromatic heterocycles. The molecule has 0 radical (unpaired) electrons. The quantitative estimate of drug-likeness (QED) is 0.677. The highest BCUT2D eigenvalue weighted by Crippen LogP contribution is 2.21. The van der Waals surface area contributed by atoms with E-state index >= 15 is 0 Å². The van der Waals surface area contributed by atoms with Crippen molar-refractivity contribution in [1.82, 2.24) is 9.88 Å². The monoisotopic (exact) mass is 364 g/mol. The molecule has 0 bridgehead atoms. The number of carbonyl (C=O) groups excluding carboxylic acids is 2. The average molecular weight is 364 g/mol. The second-order valence-electron chi connectivity index (χ2n) is 6.63. The number of benzene rings is 2. The van der Waals surface area contributed by atoms with Gasteiger partial charge in [-0.3, -0.25) is 4.79 Å². The summed E-state index contributed by atoms with van der Waals surface area (Å²) in [7, 11) is 1.87. The number of aryl methyl sites for hydroxylation is 2. The molecule has 0 spiro atoms. The van der Waals surface area contributed by atoms with E-state index in [1.54, 1.807) is 6.20 Å². The molecule has 1 atom stereocenters. The lowest BCUT2D eigenvalue weighted by atomic mass is 10.1. The molecule has 1 N–H and O–H groups in total. The van der Waals surface area contributed by atoms with Crippen molar-refractivity contribution in [2.24, 2.45) is 7.05 Å². The first-order chi connectivity index (χ1) is 13.0. The van der Waals surface area contributed by atoms with Gasteiger partial charge in [0.05, 0.1) is 11.6 Å². The van der Waals surface area contributed by atoms with Crippen molar-refractivity contribution in [3.8, 4) is 0 Å². The first kappa shape index (κ1) is 18.7. The number of esters is 1. The second-order valence-corrected chi connectivity index (χ2v) is 6.63. The van der Waals surface area contributed by atoms with E-state index in [1.165, 1.54) is 5.56 Å². The van der Waals surface area contributed by atoms with E-state index < -0.39 is 5.97 Å². The lowest BCUT2D eigenvalue weighted by Crippen LogP contribution is -2.31. The third kappa shape index (κ3) is 4.19. The maximum atomic E-state index is 12.4. The van der Waals surface area contributed by atoms with Crippen LogP contribution in [0.5, 0.6) is 0 Å². The summed E-state index contributed by atoms with van der Waals surface area (Å²) in [6.45, 7) is 3.70. The number of rotatable bonds is 6. The molecular weight excluding hydrogens is 340 g/mol. The first-order valence-electron chi connectivity index (χ1n) is 9.09. The summed E-state index contributed by atoms with van der Waals surface area (Å²) in [5.74, 6) is -0.822. The Morgan fingerprint density at radius 2 is 1.81 bits per heavy atom. The smallest absolute Gasteiger partial charge is 0.340 e. The number of amides is 1. The van der Waals surface area contributed by atoms with E-state index in [1.807, 2.05) is 54.9 Å². The minimum absolute atomic E-state index is 0.153. The molecule has 0 aliphatic carbocycles. The SMILES string of the molecule is CCc1ccc(C(C)NC(=O)COC(=O)c2cn(C)c3ccccc23)cc1. The summed E-state index contributed by atoms with van der Waals surface area (Å²) in [6, 6.07) is 15.6. The molecule has 2 aromatic carbocycles. The molecule has 5 nitrogen and oxygen atoms in total. The van der Waals surface area contributed by atoms with Gasteiger partial charge in [0.1, 0.15) is 0 Å². The number of nitrogens with one attached hydrogen (secondary N) is 1. The number of carbonyl (C=O) groups is 2. The fourth-order valence-electron chi connectivity index (χ4n) is 3.12. The van der Waals surface area contributed by atoms with E-state index in [0.29, 0.717) is 5.56 Å². The van der Waals surface area contributed by atoms with Gasteiger partial charge in [-0.15, -0.1) is 0 Å². The van der Waals surface area contributed by atoms with Crippen LogP contribution in [-0.2, 0) is 23.0 Å². The van der Waals surface area contributed by atoms with Crippen molar-refractivity contribution in [2.75, 3.05) is 6.61 Å². The summed E-state index contributed by atoms with van der Waals surface area (Å²) >= 11 is 0. The highest BCUT2D eigenvalue weighted by Gasteiger charge is 2.17. The third-order valence-electron chi connectivity index (χ3n) is 4.72. The number of hydrogen-bond donors (Lipinski definition) is 1. The standard InChI is InChI=1S/C22H24N2O3/c1-4-16-9-11-17(12-10-16)15(2)23-21(25)14-27-22(26)19-13-24(3)20-8-6-5-7-18(19)20/h5-13,15H,4,14H2,1-3H3,(H,23,25). The zero-order chi connectivity index (χ0) is 19.4. The molecule has 5 heteroatoms. The lowest BCUT2D eigenvalue weighted by Gasteiger charge is -2.15. The van der Waals surface area contributed by atoms with Gasteiger partial charge in [0.25, 0.3) is 5.91 Å². The van der Waals surface area contributed by atoms with E-state index in [4.69, 9.17) is 4.74 Å². The fraction of sp³-hybridized carbons (Fsp3) is 0.273. The van der Waals surface area contributed by atoms with Crippen molar-refractivity contribution < 1.29 is 14.3 Å². The van der Waals surface area contributed by atoms with Gasteiger partial charge in [-0.2, -0.15) is 0 Å². The summed E-state index contributed by atoms with van der Waals surface area (Å²) < 4.78 is 7.09. The van der Waals surface area contributed by atoms with Gasteiger partial charge in [0.2, 0.25) is 0 Å². The Labute approximate surface area is 158 Å². The summed E-state index contributed by atoms with van der Waals surface area (Å²) in [5.41, 5.74) is 3.67. The van der Waals surface area contributed by atoms with E-state index in [0.717, 1.165) is 22.9 Å². The average Bonchev–Trinajstić information content (AvgIpc) is 3.03. The third-order valence-corrected chi connectivity index (χ3v) is 4.72. The molecule has 0 aliphatic rings. The van der Waals surface area contributed by atoms with Crippen LogP contribution in [-0.4, -0.2) is 23.1 Å². The molecular formula is C22H24N2O3. The predicted octanol–water partition coefficient (Wildman–Crippen LogP) is 3.77. The Morgan fingerprint density at radius 3 is 2.52 bits per heavy atom. The van der Waals surface area contributed by atoms with E-state index in [2.05, 4.69) is 24.4 Å². The van der Waals surface area contributed by atoms with Gasteiger partial charge in [-0.25, -0.2) is 4.79 Å². The first-order valence-corrected chi connectivity index (χ1v) is 9.09.